The second-order valence-corrected chi connectivity index (χ2v) is 18.0. The number of hydrogen-bond donors (Lipinski definition) is 6. The highest BCUT2D eigenvalue weighted by molar-refractivity contribution is 5.93. The number of benzene rings is 3. The highest BCUT2D eigenvalue weighted by Gasteiger charge is 2.21. The van der Waals surface area contributed by atoms with E-state index in [4.69, 9.17) is 0 Å². The van der Waals surface area contributed by atoms with Crippen molar-refractivity contribution in [2.24, 2.45) is 17.8 Å². The third kappa shape index (κ3) is 9.67. The van der Waals surface area contributed by atoms with Gasteiger partial charge in [-0.05, 0) is 162 Å². The zero-order valence-electron chi connectivity index (χ0n) is 35.1. The lowest BCUT2D eigenvalue weighted by molar-refractivity contribution is 0.477. The van der Waals surface area contributed by atoms with Crippen LogP contribution in [0.15, 0.2) is 60.8 Å². The largest absolute Gasteiger partial charge is 0.383 e. The second-order valence-electron chi connectivity index (χ2n) is 18.0. The lowest BCUT2D eigenvalue weighted by Crippen LogP contribution is -2.17. The Bertz CT molecular complexity index is 2140. The molecule has 0 aliphatic heterocycles. The molecule has 0 saturated carbocycles. The van der Waals surface area contributed by atoms with E-state index in [-0.39, 0.29) is 0 Å². The van der Waals surface area contributed by atoms with E-state index in [0.717, 1.165) is 25.7 Å². The lowest BCUT2D eigenvalue weighted by atomic mass is 9.88. The molecule has 4 unspecified atom stereocenters. The van der Waals surface area contributed by atoms with E-state index < -0.39 is 0 Å². The van der Waals surface area contributed by atoms with Gasteiger partial charge in [-0.3, -0.25) is 0 Å². The third-order valence-electron chi connectivity index (χ3n) is 11.1. The molecule has 6 N–H and O–H groups in total. The molecule has 3 heterocycles. The van der Waals surface area contributed by atoms with Crippen LogP contribution in [0.1, 0.15) is 129 Å². The molecular weight excluding hydrogens is 661 g/mol. The summed E-state index contributed by atoms with van der Waals surface area (Å²) in [5.41, 5.74) is 14.1. The van der Waals surface area contributed by atoms with Crippen molar-refractivity contribution in [1.82, 2.24) is 15.0 Å². The Morgan fingerprint density at radius 2 is 1.26 bits per heavy atom. The Hall–Kier alpha value is -4.32. The molecule has 6 rings (SSSR count). The Morgan fingerprint density at radius 3 is 1.94 bits per heavy atom. The first-order chi connectivity index (χ1) is 25.7. The molecular formula is C48H68N6. The number of fused-ring (bicyclic) bond motifs is 3. The van der Waals surface area contributed by atoms with Crippen LogP contribution in [0.5, 0.6) is 0 Å². The smallest absolute Gasteiger partial charge is 0.0496 e. The molecule has 4 atom stereocenters. The van der Waals surface area contributed by atoms with Gasteiger partial charge in [-0.1, -0.05) is 41.5 Å². The van der Waals surface area contributed by atoms with Crippen LogP contribution < -0.4 is 16.0 Å². The standard InChI is InChI=1S/C48H68N6/c1-28(2)18-33(9)51-40-14-15-45-37(23-40)24-41(54-45)20-31(7)12-13-32(8)46-35(11)53-48-39(26-43(27-44(46)48)52-34(10)19-29(3)4)21-38-25-42(50-30(5)6)22-36-16-17-49-47(36)38/h14-17,22-34,49-54H,12-13,18-21H2,1-11H3. The minimum Gasteiger partial charge on any atom is -0.383 e. The van der Waals surface area contributed by atoms with Gasteiger partial charge in [0.2, 0.25) is 0 Å². The SMILES string of the molecule is Cc1[nH]c2c(Cc3cc(NC(C)C)cc4cc[nH]c34)cc(NC(C)CC(C)C)cc2c1C(C)CCC(C)Cc1cc2cc(NC(C)CC(C)C)ccc2[nH]1. The highest BCUT2D eigenvalue weighted by Crippen LogP contribution is 2.38. The van der Waals surface area contributed by atoms with Crippen LogP contribution in [0.25, 0.3) is 32.7 Å². The summed E-state index contributed by atoms with van der Waals surface area (Å²) in [4.78, 5) is 11.2. The molecule has 290 valence electrons. The summed E-state index contributed by atoms with van der Waals surface area (Å²) in [5, 5.41) is 15.2. The van der Waals surface area contributed by atoms with Gasteiger partial charge in [0.05, 0.1) is 0 Å². The summed E-state index contributed by atoms with van der Waals surface area (Å²) in [6, 6.07) is 22.0. The number of hydrogen-bond acceptors (Lipinski definition) is 3. The first kappa shape index (κ1) is 39.4. The van der Waals surface area contributed by atoms with Crippen molar-refractivity contribution >= 4 is 49.8 Å². The minimum atomic E-state index is 0.371. The topological polar surface area (TPSA) is 83.5 Å². The zero-order valence-corrected chi connectivity index (χ0v) is 35.1. The fourth-order valence-electron chi connectivity index (χ4n) is 9.04. The third-order valence-corrected chi connectivity index (χ3v) is 11.1. The molecule has 0 fully saturated rings. The van der Waals surface area contributed by atoms with Crippen LogP contribution in [-0.2, 0) is 12.8 Å². The van der Waals surface area contributed by atoms with Crippen molar-refractivity contribution in [3.63, 3.8) is 0 Å². The second kappa shape index (κ2) is 17.0. The highest BCUT2D eigenvalue weighted by atomic mass is 14.9. The van der Waals surface area contributed by atoms with Gasteiger partial charge in [0, 0.05) is 91.9 Å². The maximum absolute atomic E-state index is 3.90. The molecule has 0 aliphatic rings. The van der Waals surface area contributed by atoms with Crippen molar-refractivity contribution in [1.29, 1.82) is 0 Å². The van der Waals surface area contributed by atoms with Crippen LogP contribution in [0.2, 0.25) is 0 Å². The molecule has 0 bridgehead atoms. The summed E-state index contributed by atoms with van der Waals surface area (Å²) < 4.78 is 0. The van der Waals surface area contributed by atoms with Crippen molar-refractivity contribution in [3.05, 3.63) is 88.9 Å². The van der Waals surface area contributed by atoms with Crippen LogP contribution in [0.4, 0.5) is 17.1 Å². The van der Waals surface area contributed by atoms with Crippen LogP contribution in [0, 0.1) is 24.7 Å². The molecule has 6 nitrogen and oxygen atoms in total. The van der Waals surface area contributed by atoms with Crippen molar-refractivity contribution in [3.8, 4) is 0 Å². The van der Waals surface area contributed by atoms with Crippen molar-refractivity contribution in [2.75, 3.05) is 16.0 Å². The number of aryl methyl sites for hydroxylation is 1. The summed E-state index contributed by atoms with van der Waals surface area (Å²) in [6.45, 7) is 25.3. The Morgan fingerprint density at radius 1 is 0.611 bits per heavy atom. The van der Waals surface area contributed by atoms with Crippen LogP contribution in [-0.4, -0.2) is 33.1 Å². The first-order valence-corrected chi connectivity index (χ1v) is 20.9. The summed E-state index contributed by atoms with van der Waals surface area (Å²) >= 11 is 0. The molecule has 0 aliphatic carbocycles. The average Bonchev–Trinajstić information content (AvgIpc) is 3.79. The summed E-state index contributed by atoms with van der Waals surface area (Å²) in [7, 11) is 0. The quantitative estimate of drug-likeness (QED) is 0.0533. The zero-order chi connectivity index (χ0) is 38.7. The van der Waals surface area contributed by atoms with E-state index >= 15 is 0 Å². The van der Waals surface area contributed by atoms with Crippen LogP contribution in [0.3, 0.4) is 0 Å². The molecule has 0 saturated heterocycles. The number of H-pyrrole nitrogens is 3. The lowest BCUT2D eigenvalue weighted by Gasteiger charge is -2.20. The molecule has 0 spiro atoms. The number of nitrogens with one attached hydrogen (secondary N) is 6. The van der Waals surface area contributed by atoms with Gasteiger partial charge in [-0.25, -0.2) is 0 Å². The molecule has 3 aromatic heterocycles. The van der Waals surface area contributed by atoms with Crippen molar-refractivity contribution < 1.29 is 0 Å². The van der Waals surface area contributed by atoms with E-state index in [1.165, 1.54) is 90.7 Å². The molecule has 0 radical (unpaired) electrons. The van der Waals surface area contributed by atoms with E-state index in [1.54, 1.807) is 0 Å². The van der Waals surface area contributed by atoms with E-state index in [2.05, 4.69) is 168 Å². The molecule has 6 aromatic rings. The van der Waals surface area contributed by atoms with E-state index in [1.807, 2.05) is 0 Å². The Labute approximate surface area is 325 Å². The van der Waals surface area contributed by atoms with Gasteiger partial charge >= 0.3 is 0 Å². The predicted molar refractivity (Wildman–Crippen MR) is 237 cm³/mol. The maximum atomic E-state index is 3.90. The summed E-state index contributed by atoms with van der Waals surface area (Å²) in [6.07, 6.45) is 8.61. The number of aromatic nitrogens is 3. The molecule has 6 heteroatoms. The van der Waals surface area contributed by atoms with Crippen LogP contribution >= 0.6 is 0 Å². The van der Waals surface area contributed by atoms with Gasteiger partial charge in [0.1, 0.15) is 0 Å². The predicted octanol–water partition coefficient (Wildman–Crippen LogP) is 13.3. The molecule has 0 amide bonds. The van der Waals surface area contributed by atoms with E-state index in [9.17, 15) is 0 Å². The van der Waals surface area contributed by atoms with E-state index in [0.29, 0.717) is 41.8 Å². The van der Waals surface area contributed by atoms with Gasteiger partial charge < -0.3 is 30.9 Å². The Balaban J connectivity index is 1.22. The number of aromatic amines is 3. The van der Waals surface area contributed by atoms with Gasteiger partial charge in [-0.2, -0.15) is 0 Å². The van der Waals surface area contributed by atoms with Gasteiger partial charge in [0.15, 0.2) is 0 Å². The monoisotopic (exact) mass is 729 g/mol. The number of anilines is 3. The summed E-state index contributed by atoms with van der Waals surface area (Å²) in [5.74, 6) is 2.35. The molecule has 3 aromatic carbocycles. The minimum absolute atomic E-state index is 0.371. The fraction of sp³-hybridized carbons (Fsp3) is 0.500. The van der Waals surface area contributed by atoms with Crippen molar-refractivity contribution in [2.45, 2.75) is 139 Å². The first-order valence-electron chi connectivity index (χ1n) is 20.9. The Kier molecular flexibility index (Phi) is 12.4. The maximum Gasteiger partial charge on any atom is 0.0496 e. The van der Waals surface area contributed by atoms with Gasteiger partial charge in [0.25, 0.3) is 0 Å². The average molecular weight is 729 g/mol. The molecule has 54 heavy (non-hydrogen) atoms. The number of rotatable bonds is 18. The van der Waals surface area contributed by atoms with Gasteiger partial charge in [-0.15, -0.1) is 0 Å². The fourth-order valence-corrected chi connectivity index (χ4v) is 9.04. The normalized spacial score (nSPS) is 14.5.